The smallest absolute Gasteiger partial charge is 0.258 e. The monoisotopic (exact) mass is 353 g/mol. The molecule has 0 bridgehead atoms. The van der Waals surface area contributed by atoms with Crippen molar-refractivity contribution in [1.29, 1.82) is 0 Å². The molecular weight excluding hydrogens is 330 g/mol. The molecule has 0 aromatic heterocycles. The summed E-state index contributed by atoms with van der Waals surface area (Å²) in [5.41, 5.74) is 7.77. The van der Waals surface area contributed by atoms with Gasteiger partial charge in [-0.1, -0.05) is 12.1 Å². The summed E-state index contributed by atoms with van der Waals surface area (Å²) < 4.78 is 5.48. The highest BCUT2D eigenvalue weighted by atomic mass is 16.5. The Morgan fingerprint density at radius 2 is 1.77 bits per heavy atom. The predicted octanol–water partition coefficient (Wildman–Crippen LogP) is 2.42. The molecule has 2 aromatic carbocycles. The van der Waals surface area contributed by atoms with Gasteiger partial charge in [0.2, 0.25) is 0 Å². The number of carbonyl (C=O) groups excluding carboxylic acids is 2. The number of hydrogen-bond donors (Lipinski definition) is 3. The maximum Gasteiger partial charge on any atom is 0.258 e. The first-order chi connectivity index (χ1) is 12.5. The first-order valence-corrected chi connectivity index (χ1v) is 8.70. The number of rotatable bonds is 7. The molecule has 0 heterocycles. The first kappa shape index (κ1) is 17.8. The van der Waals surface area contributed by atoms with Gasteiger partial charge >= 0.3 is 0 Å². The van der Waals surface area contributed by atoms with Crippen molar-refractivity contribution in [1.82, 2.24) is 10.6 Å². The highest BCUT2D eigenvalue weighted by Crippen LogP contribution is 2.20. The average molecular weight is 353 g/mol. The summed E-state index contributed by atoms with van der Waals surface area (Å²) >= 11 is 0. The van der Waals surface area contributed by atoms with Crippen LogP contribution in [0.15, 0.2) is 48.5 Å². The van der Waals surface area contributed by atoms with Crippen molar-refractivity contribution in [2.45, 2.75) is 31.8 Å². The third-order valence-corrected chi connectivity index (χ3v) is 4.21. The quantitative estimate of drug-likeness (QED) is 0.667. The van der Waals surface area contributed by atoms with E-state index in [0.717, 1.165) is 18.4 Å². The number of hydrogen-bond acceptors (Lipinski definition) is 4. The summed E-state index contributed by atoms with van der Waals surface area (Å²) in [6.07, 6.45) is 2.11. The Kier molecular flexibility index (Phi) is 5.41. The van der Waals surface area contributed by atoms with Gasteiger partial charge in [0.1, 0.15) is 5.75 Å². The minimum absolute atomic E-state index is 0.0132. The molecule has 0 radical (unpaired) electrons. The van der Waals surface area contributed by atoms with E-state index in [-0.39, 0.29) is 24.5 Å². The van der Waals surface area contributed by atoms with E-state index >= 15 is 0 Å². The molecule has 6 nitrogen and oxygen atoms in total. The number of amides is 2. The van der Waals surface area contributed by atoms with E-state index in [1.807, 2.05) is 19.1 Å². The summed E-state index contributed by atoms with van der Waals surface area (Å²) in [5.74, 6) is 0.368. The van der Waals surface area contributed by atoms with Crippen molar-refractivity contribution >= 4 is 17.5 Å². The number of nitrogen functional groups attached to an aromatic ring is 1. The molecule has 1 saturated carbocycles. The molecule has 3 rings (SSSR count). The van der Waals surface area contributed by atoms with Gasteiger partial charge in [-0.05, 0) is 61.7 Å². The van der Waals surface area contributed by atoms with Crippen LogP contribution in [0.2, 0.25) is 0 Å². The van der Waals surface area contributed by atoms with Gasteiger partial charge in [-0.25, -0.2) is 0 Å². The van der Waals surface area contributed by atoms with Crippen molar-refractivity contribution < 1.29 is 14.3 Å². The SMILES string of the molecule is CC(NC(=O)c1ccc(N)cc1)c1ccc(OCC(=O)NC2CC2)cc1. The molecule has 0 spiro atoms. The topological polar surface area (TPSA) is 93.5 Å². The molecule has 2 aromatic rings. The first-order valence-electron chi connectivity index (χ1n) is 8.70. The van der Waals surface area contributed by atoms with Crippen LogP contribution in [0.3, 0.4) is 0 Å². The molecule has 2 amide bonds. The minimum Gasteiger partial charge on any atom is -0.484 e. The maximum absolute atomic E-state index is 12.3. The summed E-state index contributed by atoms with van der Waals surface area (Å²) in [6, 6.07) is 14.3. The predicted molar refractivity (Wildman–Crippen MR) is 99.8 cm³/mol. The zero-order valence-corrected chi connectivity index (χ0v) is 14.7. The van der Waals surface area contributed by atoms with Gasteiger partial charge in [-0.3, -0.25) is 9.59 Å². The Hall–Kier alpha value is -3.02. The molecule has 4 N–H and O–H groups in total. The normalized spacial score (nSPS) is 14.3. The van der Waals surface area contributed by atoms with Crippen LogP contribution < -0.4 is 21.1 Å². The van der Waals surface area contributed by atoms with Gasteiger partial charge in [0.05, 0.1) is 6.04 Å². The van der Waals surface area contributed by atoms with Crippen LogP contribution in [0, 0.1) is 0 Å². The second kappa shape index (κ2) is 7.91. The van der Waals surface area contributed by atoms with Crippen LogP contribution >= 0.6 is 0 Å². The van der Waals surface area contributed by atoms with Crippen molar-refractivity contribution in [3.8, 4) is 5.75 Å². The van der Waals surface area contributed by atoms with Crippen molar-refractivity contribution in [3.63, 3.8) is 0 Å². The third-order valence-electron chi connectivity index (χ3n) is 4.21. The fraction of sp³-hybridized carbons (Fsp3) is 0.300. The molecule has 136 valence electrons. The number of nitrogens with one attached hydrogen (secondary N) is 2. The number of nitrogens with two attached hydrogens (primary N) is 1. The summed E-state index contributed by atoms with van der Waals surface area (Å²) in [5, 5.41) is 5.82. The standard InChI is InChI=1S/C20H23N3O3/c1-13(22-20(25)15-2-6-16(21)7-3-15)14-4-10-18(11-5-14)26-12-19(24)23-17-8-9-17/h2-7,10-11,13,17H,8-9,12,21H2,1H3,(H,22,25)(H,23,24). The van der Waals surface area contributed by atoms with Crippen LogP contribution in [0.5, 0.6) is 5.75 Å². The van der Waals surface area contributed by atoms with Gasteiger partial charge < -0.3 is 21.1 Å². The highest BCUT2D eigenvalue weighted by Gasteiger charge is 2.23. The van der Waals surface area contributed by atoms with Crippen LogP contribution in [0.4, 0.5) is 5.69 Å². The van der Waals surface area contributed by atoms with Gasteiger partial charge in [0.25, 0.3) is 11.8 Å². The lowest BCUT2D eigenvalue weighted by molar-refractivity contribution is -0.123. The van der Waals surface area contributed by atoms with Crippen LogP contribution in [-0.4, -0.2) is 24.5 Å². The summed E-state index contributed by atoms with van der Waals surface area (Å²) in [4.78, 5) is 23.9. The zero-order chi connectivity index (χ0) is 18.5. The second-order valence-corrected chi connectivity index (χ2v) is 6.52. The van der Waals surface area contributed by atoms with E-state index in [9.17, 15) is 9.59 Å². The third kappa shape index (κ3) is 4.99. The molecule has 1 fully saturated rings. The Labute approximate surface area is 152 Å². The zero-order valence-electron chi connectivity index (χ0n) is 14.7. The average Bonchev–Trinajstić information content (AvgIpc) is 3.45. The van der Waals surface area contributed by atoms with Gasteiger partial charge in [-0.2, -0.15) is 0 Å². The Bertz CT molecular complexity index is 768. The maximum atomic E-state index is 12.3. The fourth-order valence-corrected chi connectivity index (χ4v) is 2.50. The molecule has 1 aliphatic rings. The molecule has 0 saturated heterocycles. The molecule has 0 aliphatic heterocycles. The number of carbonyl (C=O) groups is 2. The van der Waals surface area contributed by atoms with Crippen LogP contribution in [0.1, 0.15) is 41.7 Å². The Morgan fingerprint density at radius 3 is 2.38 bits per heavy atom. The van der Waals surface area contributed by atoms with Gasteiger partial charge in [0.15, 0.2) is 6.61 Å². The largest absolute Gasteiger partial charge is 0.484 e. The molecule has 6 heteroatoms. The lowest BCUT2D eigenvalue weighted by Gasteiger charge is -2.15. The summed E-state index contributed by atoms with van der Waals surface area (Å²) in [6.45, 7) is 1.92. The second-order valence-electron chi connectivity index (χ2n) is 6.52. The number of benzene rings is 2. The number of ether oxygens (including phenoxy) is 1. The minimum atomic E-state index is -0.160. The lowest BCUT2D eigenvalue weighted by Crippen LogP contribution is -2.30. The van der Waals surface area contributed by atoms with Crippen molar-refractivity contribution in [2.24, 2.45) is 0 Å². The van der Waals surface area contributed by atoms with Crippen LogP contribution in [-0.2, 0) is 4.79 Å². The van der Waals surface area contributed by atoms with E-state index in [1.54, 1.807) is 36.4 Å². The van der Waals surface area contributed by atoms with Gasteiger partial charge in [-0.15, -0.1) is 0 Å². The molecule has 1 aliphatic carbocycles. The Balaban J connectivity index is 1.51. The van der Waals surface area contributed by atoms with Gasteiger partial charge in [0, 0.05) is 17.3 Å². The Morgan fingerprint density at radius 1 is 1.12 bits per heavy atom. The van der Waals surface area contributed by atoms with E-state index in [2.05, 4.69) is 10.6 Å². The molecule has 1 atom stereocenters. The molecule has 1 unspecified atom stereocenters. The molecule has 26 heavy (non-hydrogen) atoms. The lowest BCUT2D eigenvalue weighted by atomic mass is 10.1. The summed E-state index contributed by atoms with van der Waals surface area (Å²) in [7, 11) is 0. The number of anilines is 1. The van der Waals surface area contributed by atoms with E-state index in [1.165, 1.54) is 0 Å². The van der Waals surface area contributed by atoms with E-state index in [4.69, 9.17) is 10.5 Å². The van der Waals surface area contributed by atoms with Crippen molar-refractivity contribution in [3.05, 3.63) is 59.7 Å². The van der Waals surface area contributed by atoms with E-state index < -0.39 is 0 Å². The van der Waals surface area contributed by atoms with E-state index in [0.29, 0.717) is 23.0 Å². The molecular formula is C20H23N3O3. The fourth-order valence-electron chi connectivity index (χ4n) is 2.50. The van der Waals surface area contributed by atoms with Crippen molar-refractivity contribution in [2.75, 3.05) is 12.3 Å². The van der Waals surface area contributed by atoms with Crippen LogP contribution in [0.25, 0.3) is 0 Å². The highest BCUT2D eigenvalue weighted by molar-refractivity contribution is 5.94.